The fourth-order valence-electron chi connectivity index (χ4n) is 3.60. The molecule has 0 atom stereocenters. The van der Waals surface area contributed by atoms with Crippen molar-refractivity contribution < 1.29 is 9.59 Å². The monoisotopic (exact) mass is 411 g/mol. The summed E-state index contributed by atoms with van der Waals surface area (Å²) in [6.45, 7) is 2.71. The summed E-state index contributed by atoms with van der Waals surface area (Å²) in [4.78, 5) is 47.6. The molecule has 3 heterocycles. The van der Waals surface area contributed by atoms with Crippen molar-refractivity contribution in [2.75, 3.05) is 26.2 Å². The molecule has 3 N–H and O–H groups in total. The Morgan fingerprint density at radius 3 is 2.69 bits per heavy atom. The minimum atomic E-state index is -0.929. The number of thiophene rings is 1. The molecule has 1 saturated heterocycles. The molecule has 9 heteroatoms. The molecule has 1 aliphatic rings. The maximum Gasteiger partial charge on any atom is 0.311 e. The van der Waals surface area contributed by atoms with Gasteiger partial charge in [0.2, 0.25) is 0 Å². The topological polar surface area (TPSA) is 112 Å². The van der Waals surface area contributed by atoms with Crippen LogP contribution in [0.3, 0.4) is 0 Å². The number of hydrogen-bond acceptors (Lipinski definition) is 6. The van der Waals surface area contributed by atoms with Gasteiger partial charge in [0, 0.05) is 37.1 Å². The number of H-pyrrole nitrogens is 1. The number of fused-ring (bicyclic) bond motifs is 1. The van der Waals surface area contributed by atoms with E-state index in [-0.39, 0.29) is 5.56 Å². The van der Waals surface area contributed by atoms with E-state index < -0.39 is 11.8 Å². The lowest BCUT2D eigenvalue weighted by atomic mass is 10.1. The fourth-order valence-corrected chi connectivity index (χ4v) is 4.57. The highest BCUT2D eigenvalue weighted by Gasteiger charge is 2.23. The molecule has 3 aromatic rings. The minimum absolute atomic E-state index is 0.148. The Bertz CT molecular complexity index is 1110. The molecule has 150 valence electrons. The fraction of sp³-hybridized carbons (Fsp3) is 0.300. The SMILES string of the molecule is NC(=O)C(=O)N1CCCN(Cc2nc3scc(-c4ccccc4)c3c(=O)[nH]2)CC1. The van der Waals surface area contributed by atoms with Crippen LogP contribution in [0.1, 0.15) is 12.2 Å². The van der Waals surface area contributed by atoms with Gasteiger partial charge in [0.1, 0.15) is 10.7 Å². The van der Waals surface area contributed by atoms with Crippen molar-refractivity contribution in [3.63, 3.8) is 0 Å². The smallest absolute Gasteiger partial charge is 0.311 e. The molecule has 1 fully saturated rings. The highest BCUT2D eigenvalue weighted by molar-refractivity contribution is 7.17. The second kappa shape index (κ2) is 8.14. The van der Waals surface area contributed by atoms with Gasteiger partial charge >= 0.3 is 11.8 Å². The number of hydrogen-bond donors (Lipinski definition) is 2. The Hall–Kier alpha value is -3.04. The zero-order valence-corrected chi connectivity index (χ0v) is 16.6. The van der Waals surface area contributed by atoms with Gasteiger partial charge in [0.25, 0.3) is 5.56 Å². The summed E-state index contributed by atoms with van der Waals surface area (Å²) < 4.78 is 0. The van der Waals surface area contributed by atoms with E-state index in [1.807, 2.05) is 35.7 Å². The van der Waals surface area contributed by atoms with Crippen molar-refractivity contribution in [3.8, 4) is 11.1 Å². The first kappa shape index (κ1) is 19.3. The molecule has 29 heavy (non-hydrogen) atoms. The molecule has 0 unspecified atom stereocenters. The summed E-state index contributed by atoms with van der Waals surface area (Å²) in [5.41, 5.74) is 6.83. The summed E-state index contributed by atoms with van der Waals surface area (Å²) in [5.74, 6) is -0.979. The molecule has 0 spiro atoms. The van der Waals surface area contributed by atoms with Gasteiger partial charge in [-0.1, -0.05) is 30.3 Å². The number of nitrogens with zero attached hydrogens (tertiary/aromatic N) is 3. The molecular formula is C20H21N5O3S. The number of primary amides is 1. The van der Waals surface area contributed by atoms with Crippen LogP contribution in [0.25, 0.3) is 21.3 Å². The van der Waals surface area contributed by atoms with Crippen molar-refractivity contribution in [2.45, 2.75) is 13.0 Å². The third-order valence-corrected chi connectivity index (χ3v) is 5.91. The lowest BCUT2D eigenvalue weighted by Gasteiger charge is -2.20. The molecule has 0 aliphatic carbocycles. The number of benzene rings is 1. The number of aromatic nitrogens is 2. The predicted octanol–water partition coefficient (Wildman–Crippen LogP) is 1.17. The standard InChI is InChI=1S/C20H21N5O3S/c21-17(26)20(28)25-8-4-7-24(9-10-25)11-15-22-18(27)16-14(12-29-19(16)23-15)13-5-2-1-3-6-13/h1-3,5-6,12H,4,7-11H2,(H2,21,26)(H,22,23,27). The van der Waals surface area contributed by atoms with E-state index in [1.54, 1.807) is 0 Å². The largest absolute Gasteiger partial charge is 0.361 e. The molecule has 0 saturated carbocycles. The average Bonchev–Trinajstić information content (AvgIpc) is 3.01. The lowest BCUT2D eigenvalue weighted by Crippen LogP contribution is -2.42. The Morgan fingerprint density at radius 1 is 1.14 bits per heavy atom. The van der Waals surface area contributed by atoms with Crippen LogP contribution in [-0.2, 0) is 16.1 Å². The third-order valence-electron chi connectivity index (χ3n) is 5.04. The number of carbonyl (C=O) groups excluding carboxylic acids is 2. The third kappa shape index (κ3) is 4.06. The van der Waals surface area contributed by atoms with Crippen LogP contribution < -0.4 is 11.3 Å². The van der Waals surface area contributed by atoms with Gasteiger partial charge in [-0.3, -0.25) is 19.3 Å². The predicted molar refractivity (Wildman–Crippen MR) is 111 cm³/mol. The minimum Gasteiger partial charge on any atom is -0.361 e. The number of carbonyl (C=O) groups is 2. The number of amides is 2. The number of aromatic amines is 1. The van der Waals surface area contributed by atoms with Gasteiger partial charge in [-0.25, -0.2) is 4.98 Å². The van der Waals surface area contributed by atoms with Crippen molar-refractivity contribution >= 4 is 33.4 Å². The van der Waals surface area contributed by atoms with Crippen LogP contribution in [-0.4, -0.2) is 57.8 Å². The molecule has 2 aromatic heterocycles. The lowest BCUT2D eigenvalue weighted by molar-refractivity contribution is -0.144. The molecular weight excluding hydrogens is 390 g/mol. The van der Waals surface area contributed by atoms with Crippen LogP contribution >= 0.6 is 11.3 Å². The van der Waals surface area contributed by atoms with Gasteiger partial charge < -0.3 is 15.6 Å². The van der Waals surface area contributed by atoms with Crippen molar-refractivity contribution in [1.82, 2.24) is 19.8 Å². The highest BCUT2D eigenvalue weighted by Crippen LogP contribution is 2.30. The number of nitrogens with two attached hydrogens (primary N) is 1. The second-order valence-corrected chi connectivity index (χ2v) is 7.85. The average molecular weight is 411 g/mol. The van der Waals surface area contributed by atoms with Gasteiger partial charge in [0.15, 0.2) is 0 Å². The van der Waals surface area contributed by atoms with E-state index in [0.29, 0.717) is 42.2 Å². The van der Waals surface area contributed by atoms with Gasteiger partial charge in [0.05, 0.1) is 11.9 Å². The maximum absolute atomic E-state index is 12.8. The van der Waals surface area contributed by atoms with Crippen molar-refractivity contribution in [2.24, 2.45) is 5.73 Å². The van der Waals surface area contributed by atoms with Gasteiger partial charge in [-0.05, 0) is 12.0 Å². The van der Waals surface area contributed by atoms with E-state index in [2.05, 4.69) is 14.9 Å². The number of nitrogens with one attached hydrogen (secondary N) is 1. The van der Waals surface area contributed by atoms with Crippen LogP contribution in [0.2, 0.25) is 0 Å². The molecule has 0 radical (unpaired) electrons. The van der Waals surface area contributed by atoms with Crippen molar-refractivity contribution in [1.29, 1.82) is 0 Å². The summed E-state index contributed by atoms with van der Waals surface area (Å²) in [7, 11) is 0. The second-order valence-electron chi connectivity index (χ2n) is 6.99. The summed E-state index contributed by atoms with van der Waals surface area (Å²) in [6.07, 6.45) is 0.725. The first-order valence-corrected chi connectivity index (χ1v) is 10.3. The van der Waals surface area contributed by atoms with Crippen LogP contribution in [0, 0.1) is 0 Å². The molecule has 0 bridgehead atoms. The molecule has 2 amide bonds. The molecule has 8 nitrogen and oxygen atoms in total. The van der Waals surface area contributed by atoms with Gasteiger partial charge in [-0.15, -0.1) is 11.3 Å². The van der Waals surface area contributed by atoms with Crippen LogP contribution in [0.15, 0.2) is 40.5 Å². The molecule has 1 aromatic carbocycles. The van der Waals surface area contributed by atoms with E-state index in [9.17, 15) is 14.4 Å². The summed E-state index contributed by atoms with van der Waals surface area (Å²) in [6, 6.07) is 9.79. The first-order valence-electron chi connectivity index (χ1n) is 9.40. The maximum atomic E-state index is 12.8. The normalized spacial score (nSPS) is 15.4. The zero-order valence-electron chi connectivity index (χ0n) is 15.8. The van der Waals surface area contributed by atoms with Crippen molar-refractivity contribution in [3.05, 3.63) is 51.9 Å². The first-order chi connectivity index (χ1) is 14.0. The number of rotatable bonds is 3. The highest BCUT2D eigenvalue weighted by atomic mass is 32.1. The van der Waals surface area contributed by atoms with E-state index >= 15 is 0 Å². The molecule has 4 rings (SSSR count). The van der Waals surface area contributed by atoms with E-state index in [1.165, 1.54) is 16.2 Å². The summed E-state index contributed by atoms with van der Waals surface area (Å²) in [5, 5.41) is 2.57. The quantitative estimate of drug-likeness (QED) is 0.629. The van der Waals surface area contributed by atoms with Gasteiger partial charge in [-0.2, -0.15) is 0 Å². The van der Waals surface area contributed by atoms with Crippen LogP contribution in [0.5, 0.6) is 0 Å². The van der Waals surface area contributed by atoms with E-state index in [4.69, 9.17) is 5.73 Å². The summed E-state index contributed by atoms with van der Waals surface area (Å²) >= 11 is 1.46. The Morgan fingerprint density at radius 2 is 1.93 bits per heavy atom. The Kier molecular flexibility index (Phi) is 5.41. The Balaban J connectivity index is 1.53. The Labute approximate surface area is 171 Å². The zero-order chi connectivity index (χ0) is 20.4. The van der Waals surface area contributed by atoms with Crippen LogP contribution in [0.4, 0.5) is 0 Å². The molecule has 1 aliphatic heterocycles. The van der Waals surface area contributed by atoms with E-state index in [0.717, 1.165) is 24.1 Å².